The summed E-state index contributed by atoms with van der Waals surface area (Å²) in [4.78, 5) is 39.2. The summed E-state index contributed by atoms with van der Waals surface area (Å²) in [6, 6.07) is 0. The van der Waals surface area contributed by atoms with Crippen LogP contribution in [0.4, 0.5) is 4.39 Å². The van der Waals surface area contributed by atoms with Crippen LogP contribution >= 0.6 is 0 Å². The molecular weight excluding hydrogens is 617 g/mol. The van der Waals surface area contributed by atoms with Crippen LogP contribution in [0.3, 0.4) is 0 Å². The number of carbonyl (C=O) groups excluding carboxylic acids is 3. The van der Waals surface area contributed by atoms with Crippen LogP contribution in [0.2, 0.25) is 0 Å². The van der Waals surface area contributed by atoms with Gasteiger partial charge in [0, 0.05) is 25.2 Å². The molecule has 0 bridgehead atoms. The molecule has 1 atom stereocenters. The van der Waals surface area contributed by atoms with Crippen molar-refractivity contribution in [3.63, 3.8) is 0 Å². The summed E-state index contributed by atoms with van der Waals surface area (Å²) in [5, 5.41) is 116. The molecule has 0 aromatic heterocycles. The highest BCUT2D eigenvalue weighted by Gasteiger charge is 2.76. The Morgan fingerprint density at radius 2 is 1.40 bits per heavy atom. The normalized spacial score (nSPS) is 22.8. The van der Waals surface area contributed by atoms with Crippen molar-refractivity contribution in [1.82, 2.24) is 15.1 Å². The molecule has 0 spiro atoms. The van der Waals surface area contributed by atoms with Gasteiger partial charge in [0.25, 0.3) is 29.2 Å². The standard InChI is InChI=1S/C25H26FN3O16/c26-12-10(15(32)14(31)9(13(12)30)5-28-1-3-44-4-2-28)7-45-19-8-6-29(20(36)11(8)16(33)17(34)18(19)35)23(39)21(37)27-22(38)24(40,41)25(23,42)43/h30-35,39-43H,1-7H2,(H,27,37,38). The maximum absolute atomic E-state index is 15.3. The molecule has 2 aromatic rings. The first-order valence-corrected chi connectivity index (χ1v) is 12.9. The van der Waals surface area contributed by atoms with Gasteiger partial charge in [0.15, 0.2) is 34.6 Å². The van der Waals surface area contributed by atoms with Crippen molar-refractivity contribution in [1.29, 1.82) is 0 Å². The van der Waals surface area contributed by atoms with E-state index in [2.05, 4.69) is 0 Å². The zero-order chi connectivity index (χ0) is 33.4. The molecule has 2 fully saturated rings. The molecular formula is C25H26FN3O16. The monoisotopic (exact) mass is 643 g/mol. The topological polar surface area (TPSA) is 311 Å². The van der Waals surface area contributed by atoms with Gasteiger partial charge in [0.05, 0.1) is 36.4 Å². The number of imide groups is 1. The lowest BCUT2D eigenvalue weighted by molar-refractivity contribution is -0.407. The van der Waals surface area contributed by atoms with Gasteiger partial charge in [-0.3, -0.25) is 29.5 Å². The molecule has 2 saturated heterocycles. The lowest BCUT2D eigenvalue weighted by Crippen LogP contribution is -2.85. The lowest BCUT2D eigenvalue weighted by atomic mass is 9.86. The number of carbonyl (C=O) groups is 3. The SMILES string of the molecule is O=C1c2c(O)c(O)c(O)c(OCc3c(O)c(O)c(CN4CCOCC4)c(O)c3F)c2CN1C1(O)C(=O)NC(=O)C(O)(O)C1(O)O. The summed E-state index contributed by atoms with van der Waals surface area (Å²) in [5.41, 5.74) is -7.13. The highest BCUT2D eigenvalue weighted by molar-refractivity contribution is 6.11. The molecule has 12 N–H and O–H groups in total. The minimum atomic E-state index is -4.52. The second kappa shape index (κ2) is 10.4. The van der Waals surface area contributed by atoms with Crippen molar-refractivity contribution in [3.8, 4) is 40.2 Å². The largest absolute Gasteiger partial charge is 0.504 e. The van der Waals surface area contributed by atoms with E-state index in [-0.39, 0.29) is 17.0 Å². The minimum absolute atomic E-state index is 0.178. The van der Waals surface area contributed by atoms with E-state index in [1.807, 2.05) is 0 Å². The van der Waals surface area contributed by atoms with Gasteiger partial charge in [0.2, 0.25) is 11.5 Å². The molecule has 3 amide bonds. The third-order valence-corrected chi connectivity index (χ3v) is 7.88. The molecule has 0 radical (unpaired) electrons. The van der Waals surface area contributed by atoms with Crippen LogP contribution in [-0.2, 0) is 34.0 Å². The van der Waals surface area contributed by atoms with Crippen molar-refractivity contribution in [3.05, 3.63) is 28.1 Å². The van der Waals surface area contributed by atoms with E-state index < -0.39 is 111 Å². The van der Waals surface area contributed by atoms with Crippen molar-refractivity contribution in [2.45, 2.75) is 37.0 Å². The Morgan fingerprint density at radius 3 is 2.02 bits per heavy atom. The van der Waals surface area contributed by atoms with Gasteiger partial charge in [-0.15, -0.1) is 0 Å². The second-order valence-electron chi connectivity index (χ2n) is 10.4. The fourth-order valence-corrected chi connectivity index (χ4v) is 5.23. The molecule has 3 heterocycles. The maximum Gasteiger partial charge on any atom is 0.306 e. The van der Waals surface area contributed by atoms with Crippen LogP contribution in [0.25, 0.3) is 0 Å². The van der Waals surface area contributed by atoms with Gasteiger partial charge in [-0.2, -0.15) is 0 Å². The van der Waals surface area contributed by atoms with Crippen molar-refractivity contribution in [2.24, 2.45) is 0 Å². The highest BCUT2D eigenvalue weighted by Crippen LogP contribution is 2.53. The lowest BCUT2D eigenvalue weighted by Gasteiger charge is -2.49. The van der Waals surface area contributed by atoms with Crippen LogP contribution in [0.1, 0.15) is 27.0 Å². The molecule has 5 rings (SSSR count). The number of fused-ring (bicyclic) bond motifs is 1. The summed E-state index contributed by atoms with van der Waals surface area (Å²) in [7, 11) is 0. The minimum Gasteiger partial charge on any atom is -0.504 e. The quantitative estimate of drug-likeness (QED) is 0.0620. The molecule has 45 heavy (non-hydrogen) atoms. The number of phenols is 6. The number of phenolic OH excluding ortho intramolecular Hbond substituents is 6. The number of amides is 3. The number of halogens is 1. The van der Waals surface area contributed by atoms with Gasteiger partial charge in [0.1, 0.15) is 6.61 Å². The molecule has 0 saturated carbocycles. The zero-order valence-electron chi connectivity index (χ0n) is 22.7. The fraction of sp³-hybridized carbons (Fsp3) is 0.400. The third-order valence-electron chi connectivity index (χ3n) is 7.88. The Hall–Kier alpha value is -4.70. The van der Waals surface area contributed by atoms with Crippen molar-refractivity contribution in [2.75, 3.05) is 26.3 Å². The van der Waals surface area contributed by atoms with Gasteiger partial charge in [-0.25, -0.2) is 4.39 Å². The summed E-state index contributed by atoms with van der Waals surface area (Å²) in [6.45, 7) is -1.20. The van der Waals surface area contributed by atoms with E-state index >= 15 is 4.39 Å². The summed E-state index contributed by atoms with van der Waals surface area (Å²) < 4.78 is 25.8. The molecule has 0 aliphatic carbocycles. The van der Waals surface area contributed by atoms with Gasteiger partial charge in [-0.05, 0) is 0 Å². The predicted molar refractivity (Wildman–Crippen MR) is 136 cm³/mol. The predicted octanol–water partition coefficient (Wildman–Crippen LogP) is -3.87. The first-order valence-electron chi connectivity index (χ1n) is 12.9. The molecule has 1 unspecified atom stereocenters. The van der Waals surface area contributed by atoms with Crippen LogP contribution in [0.15, 0.2) is 0 Å². The van der Waals surface area contributed by atoms with Gasteiger partial charge < -0.3 is 65.6 Å². The summed E-state index contributed by atoms with van der Waals surface area (Å²) in [6.07, 6.45) is 0. The second-order valence-corrected chi connectivity index (χ2v) is 10.4. The zero-order valence-corrected chi connectivity index (χ0v) is 22.7. The molecule has 2 aromatic carbocycles. The molecule has 20 heteroatoms. The average Bonchev–Trinajstić information content (AvgIpc) is 3.34. The number of aliphatic hydroxyl groups is 5. The van der Waals surface area contributed by atoms with Gasteiger partial charge in [-0.1, -0.05) is 0 Å². The van der Waals surface area contributed by atoms with E-state index in [1.54, 1.807) is 4.90 Å². The fourth-order valence-electron chi connectivity index (χ4n) is 5.23. The average molecular weight is 643 g/mol. The molecule has 244 valence electrons. The Kier molecular flexibility index (Phi) is 7.36. The number of hydrogen-bond acceptors (Lipinski definition) is 17. The first-order chi connectivity index (χ1) is 20.9. The number of rotatable bonds is 6. The van der Waals surface area contributed by atoms with Crippen molar-refractivity contribution < 1.29 is 84.4 Å². The van der Waals surface area contributed by atoms with Crippen LogP contribution in [-0.4, -0.2) is 127 Å². The van der Waals surface area contributed by atoms with E-state index in [1.165, 1.54) is 5.32 Å². The Morgan fingerprint density at radius 1 is 0.800 bits per heavy atom. The number of morpholine rings is 1. The third kappa shape index (κ3) is 4.34. The maximum atomic E-state index is 15.3. The van der Waals surface area contributed by atoms with Crippen molar-refractivity contribution >= 4 is 17.7 Å². The molecule has 19 nitrogen and oxygen atoms in total. The van der Waals surface area contributed by atoms with Crippen LogP contribution < -0.4 is 10.1 Å². The van der Waals surface area contributed by atoms with Crippen LogP contribution in [0, 0.1) is 5.82 Å². The van der Waals surface area contributed by atoms with E-state index in [0.29, 0.717) is 26.3 Å². The van der Waals surface area contributed by atoms with Gasteiger partial charge >= 0.3 is 5.79 Å². The number of hydrogen-bond donors (Lipinski definition) is 12. The number of aromatic hydroxyl groups is 6. The summed E-state index contributed by atoms with van der Waals surface area (Å²) in [5.74, 6) is -24.4. The summed E-state index contributed by atoms with van der Waals surface area (Å²) >= 11 is 0. The Balaban J connectivity index is 1.52. The number of piperidine rings is 1. The van der Waals surface area contributed by atoms with E-state index in [9.17, 15) is 70.6 Å². The number of nitrogens with zero attached hydrogens (tertiary/aromatic N) is 2. The van der Waals surface area contributed by atoms with Crippen LogP contribution in [0.5, 0.6) is 40.2 Å². The number of benzene rings is 2. The highest BCUT2D eigenvalue weighted by atomic mass is 19.1. The number of ether oxygens (including phenoxy) is 2. The molecule has 3 aliphatic rings. The first kappa shape index (κ1) is 31.7. The Bertz CT molecular complexity index is 1610. The Labute approximate surface area is 249 Å². The van der Waals surface area contributed by atoms with E-state index in [0.717, 1.165) is 0 Å². The smallest absolute Gasteiger partial charge is 0.306 e. The van der Waals surface area contributed by atoms with E-state index in [4.69, 9.17) is 9.47 Å². The number of nitrogens with one attached hydrogen (secondary N) is 1. The molecule has 3 aliphatic heterocycles.